The normalized spacial score (nSPS) is 15.5. The molecule has 1 aliphatic rings. The van der Waals surface area contributed by atoms with Gasteiger partial charge in [-0.2, -0.15) is 13.2 Å². The van der Waals surface area contributed by atoms with Gasteiger partial charge in [-0.1, -0.05) is 32.4 Å². The van der Waals surface area contributed by atoms with Gasteiger partial charge >= 0.3 is 12.3 Å². The van der Waals surface area contributed by atoms with Crippen molar-refractivity contribution in [2.45, 2.75) is 45.2 Å². The van der Waals surface area contributed by atoms with Crippen LogP contribution in [0.4, 0.5) is 18.0 Å². The highest BCUT2D eigenvalue weighted by atomic mass is 35.5. The molecular formula is C16H19ClF3NO3. The smallest absolute Gasteiger partial charge is 0.305 e. The largest absolute Gasteiger partial charge is 0.452 e. The molecule has 0 spiro atoms. The number of alkyl halides is 3. The van der Waals surface area contributed by atoms with Crippen LogP contribution in [0.25, 0.3) is 0 Å². The maximum absolute atomic E-state index is 13.1. The second-order valence-corrected chi connectivity index (χ2v) is 7.09. The molecule has 1 amide bonds. The van der Waals surface area contributed by atoms with Crippen molar-refractivity contribution in [3.05, 3.63) is 28.3 Å². The van der Waals surface area contributed by atoms with Crippen LogP contribution in [-0.2, 0) is 16.5 Å². The summed E-state index contributed by atoms with van der Waals surface area (Å²) < 4.78 is 39.3. The standard InChI is InChI=1S/C16H19ClF3NO3/c1-15(2,3)11-8-10(16(18,19)20)9-12(13(11)17)23-24-14(22)21-6-4-5-7-21/h8-9H,4-7H2,1-3H3. The lowest BCUT2D eigenvalue weighted by molar-refractivity contribution is -0.154. The third-order valence-electron chi connectivity index (χ3n) is 3.74. The molecule has 1 aromatic rings. The molecule has 0 aliphatic carbocycles. The number of benzene rings is 1. The number of carbonyl (C=O) groups excluding carboxylic acids is 1. The minimum Gasteiger partial charge on any atom is -0.305 e. The zero-order valence-corrected chi connectivity index (χ0v) is 14.4. The molecule has 0 bridgehead atoms. The summed E-state index contributed by atoms with van der Waals surface area (Å²) in [5.41, 5.74) is -1.30. The molecular weight excluding hydrogens is 347 g/mol. The lowest BCUT2D eigenvalue weighted by atomic mass is 9.86. The van der Waals surface area contributed by atoms with Crippen molar-refractivity contribution < 1.29 is 27.7 Å². The van der Waals surface area contributed by atoms with Gasteiger partial charge in [-0.05, 0) is 36.0 Å². The van der Waals surface area contributed by atoms with E-state index in [1.54, 1.807) is 20.8 Å². The fourth-order valence-electron chi connectivity index (χ4n) is 2.40. The molecule has 0 saturated carbocycles. The van der Waals surface area contributed by atoms with Gasteiger partial charge in [-0.3, -0.25) is 4.89 Å². The van der Waals surface area contributed by atoms with Gasteiger partial charge in [0.05, 0.1) is 10.6 Å². The van der Waals surface area contributed by atoms with E-state index >= 15 is 0 Å². The molecule has 4 nitrogen and oxygen atoms in total. The summed E-state index contributed by atoms with van der Waals surface area (Å²) in [5, 5.41) is -0.00952. The molecule has 1 heterocycles. The fraction of sp³-hybridized carbons (Fsp3) is 0.562. The van der Waals surface area contributed by atoms with Gasteiger partial charge in [0.25, 0.3) is 0 Å². The van der Waals surface area contributed by atoms with Gasteiger partial charge < -0.3 is 4.90 Å². The lowest BCUT2D eigenvalue weighted by Crippen LogP contribution is -2.29. The molecule has 0 aromatic heterocycles. The van der Waals surface area contributed by atoms with Crippen molar-refractivity contribution in [1.82, 2.24) is 4.90 Å². The van der Waals surface area contributed by atoms with E-state index < -0.39 is 23.2 Å². The Kier molecular flexibility index (Phi) is 5.22. The predicted molar refractivity (Wildman–Crippen MR) is 83.1 cm³/mol. The highest BCUT2D eigenvalue weighted by Crippen LogP contribution is 2.41. The van der Waals surface area contributed by atoms with Gasteiger partial charge in [0, 0.05) is 13.1 Å². The van der Waals surface area contributed by atoms with Crippen molar-refractivity contribution in [1.29, 1.82) is 0 Å². The van der Waals surface area contributed by atoms with Crippen LogP contribution >= 0.6 is 11.6 Å². The number of nitrogens with zero attached hydrogens (tertiary/aromatic N) is 1. The van der Waals surface area contributed by atoms with E-state index in [2.05, 4.69) is 4.89 Å². The van der Waals surface area contributed by atoms with Crippen LogP contribution in [0.3, 0.4) is 0 Å². The summed E-state index contributed by atoms with van der Waals surface area (Å²) in [6.45, 7) is 6.26. The third-order valence-corrected chi connectivity index (χ3v) is 4.13. The SMILES string of the molecule is CC(C)(C)c1cc(C(F)(F)F)cc(OOC(=O)N2CCCC2)c1Cl. The number of hydrogen-bond acceptors (Lipinski definition) is 3. The lowest BCUT2D eigenvalue weighted by Gasteiger charge is -2.23. The first-order valence-electron chi connectivity index (χ1n) is 7.55. The maximum Gasteiger partial charge on any atom is 0.452 e. The number of halogens is 4. The molecule has 1 aliphatic heterocycles. The molecule has 134 valence electrons. The Hall–Kier alpha value is -1.63. The molecule has 0 N–H and O–H groups in total. The van der Waals surface area contributed by atoms with Crippen molar-refractivity contribution in [3.8, 4) is 5.75 Å². The van der Waals surface area contributed by atoms with E-state index in [9.17, 15) is 18.0 Å². The first kappa shape index (κ1) is 18.7. The van der Waals surface area contributed by atoms with E-state index in [1.807, 2.05) is 0 Å². The van der Waals surface area contributed by atoms with Crippen LogP contribution in [0, 0.1) is 0 Å². The van der Waals surface area contributed by atoms with E-state index in [-0.39, 0.29) is 16.3 Å². The fourth-order valence-corrected chi connectivity index (χ4v) is 2.82. The van der Waals surface area contributed by atoms with E-state index in [0.29, 0.717) is 13.1 Å². The topological polar surface area (TPSA) is 38.8 Å². The summed E-state index contributed by atoms with van der Waals surface area (Å²) >= 11 is 6.16. The van der Waals surface area contributed by atoms with Crippen molar-refractivity contribution in [2.24, 2.45) is 0 Å². The summed E-state index contributed by atoms with van der Waals surface area (Å²) in [6, 6.07) is 1.71. The van der Waals surface area contributed by atoms with E-state index in [0.717, 1.165) is 25.0 Å². The number of rotatable bonds is 2. The molecule has 0 atom stereocenters. The van der Waals surface area contributed by atoms with Gasteiger partial charge in [0.2, 0.25) is 0 Å². The van der Waals surface area contributed by atoms with Crippen LogP contribution in [0.1, 0.15) is 44.7 Å². The first-order valence-corrected chi connectivity index (χ1v) is 7.92. The molecule has 0 unspecified atom stereocenters. The maximum atomic E-state index is 13.1. The zero-order chi connectivity index (χ0) is 18.1. The van der Waals surface area contributed by atoms with Crippen molar-refractivity contribution in [2.75, 3.05) is 13.1 Å². The summed E-state index contributed by atoms with van der Waals surface area (Å²) in [7, 11) is 0. The third kappa shape index (κ3) is 4.26. The van der Waals surface area contributed by atoms with E-state index in [1.165, 1.54) is 4.90 Å². The molecule has 1 aromatic carbocycles. The van der Waals surface area contributed by atoms with Crippen LogP contribution < -0.4 is 4.89 Å². The average molecular weight is 366 g/mol. The number of likely N-dealkylation sites (tertiary alicyclic amines) is 1. The van der Waals surface area contributed by atoms with Gasteiger partial charge in [-0.25, -0.2) is 9.68 Å². The number of amides is 1. The van der Waals surface area contributed by atoms with Crippen molar-refractivity contribution >= 4 is 17.7 Å². The van der Waals surface area contributed by atoms with Crippen LogP contribution in [-0.4, -0.2) is 24.1 Å². The van der Waals surface area contributed by atoms with Crippen LogP contribution in [0.5, 0.6) is 5.75 Å². The van der Waals surface area contributed by atoms with Gasteiger partial charge in [-0.15, -0.1) is 0 Å². The Labute approximate surface area is 143 Å². The summed E-state index contributed by atoms with van der Waals surface area (Å²) in [5.74, 6) is -0.330. The zero-order valence-electron chi connectivity index (χ0n) is 13.7. The van der Waals surface area contributed by atoms with Gasteiger partial charge in [0.1, 0.15) is 0 Å². The Bertz CT molecular complexity index is 620. The van der Waals surface area contributed by atoms with Crippen molar-refractivity contribution in [3.63, 3.8) is 0 Å². The molecule has 24 heavy (non-hydrogen) atoms. The average Bonchev–Trinajstić information content (AvgIpc) is 2.97. The highest BCUT2D eigenvalue weighted by molar-refractivity contribution is 6.33. The summed E-state index contributed by atoms with van der Waals surface area (Å²) in [4.78, 5) is 22.8. The second kappa shape index (κ2) is 6.70. The summed E-state index contributed by atoms with van der Waals surface area (Å²) in [6.07, 6.45) is -3.60. The Morgan fingerprint density at radius 1 is 1.17 bits per heavy atom. The quantitative estimate of drug-likeness (QED) is 0.535. The Morgan fingerprint density at radius 2 is 1.75 bits per heavy atom. The van der Waals surface area contributed by atoms with Crippen LogP contribution in [0.2, 0.25) is 5.02 Å². The Balaban J connectivity index is 2.28. The van der Waals surface area contributed by atoms with E-state index in [4.69, 9.17) is 16.5 Å². The number of carbonyl (C=O) groups is 1. The molecule has 2 rings (SSSR count). The first-order chi connectivity index (χ1) is 11.0. The van der Waals surface area contributed by atoms with Crippen LogP contribution in [0.15, 0.2) is 12.1 Å². The highest BCUT2D eigenvalue weighted by Gasteiger charge is 2.35. The number of hydrogen-bond donors (Lipinski definition) is 0. The minimum absolute atomic E-state index is 0.00952. The molecule has 1 fully saturated rings. The molecule has 0 radical (unpaired) electrons. The predicted octanol–water partition coefficient (Wildman–Crippen LogP) is 5.18. The monoisotopic (exact) mass is 365 g/mol. The molecule has 8 heteroatoms. The second-order valence-electron chi connectivity index (χ2n) is 6.71. The minimum atomic E-state index is -4.57. The molecule has 1 saturated heterocycles. The Morgan fingerprint density at radius 3 is 2.25 bits per heavy atom. The van der Waals surface area contributed by atoms with Gasteiger partial charge in [0.15, 0.2) is 5.75 Å².